The first kappa shape index (κ1) is 14.6. The second kappa shape index (κ2) is 6.60. The largest absolute Gasteiger partial charge is 0.355 e. The number of carbonyl (C=O) groups is 1. The lowest BCUT2D eigenvalue weighted by Gasteiger charge is -2.29. The fourth-order valence-electron chi connectivity index (χ4n) is 2.74. The zero-order valence-electron chi connectivity index (χ0n) is 12.8. The summed E-state index contributed by atoms with van der Waals surface area (Å²) in [7, 11) is 0. The van der Waals surface area contributed by atoms with E-state index in [1.54, 1.807) is 17.1 Å². The summed E-state index contributed by atoms with van der Waals surface area (Å²) in [6.45, 7) is 4.16. The number of hydrogen-bond acceptors (Lipinski definition) is 4. The van der Waals surface area contributed by atoms with E-state index in [4.69, 9.17) is 0 Å². The Kier molecular flexibility index (Phi) is 4.37. The van der Waals surface area contributed by atoms with E-state index in [-0.39, 0.29) is 12.5 Å². The number of aryl methyl sites for hydroxylation is 1. The lowest BCUT2D eigenvalue weighted by Crippen LogP contribution is -2.31. The second-order valence-electron chi connectivity index (χ2n) is 5.69. The average Bonchev–Trinajstić information content (AvgIpc) is 2.93. The normalized spacial score (nSPS) is 14.9. The van der Waals surface area contributed by atoms with Crippen LogP contribution in [0.25, 0.3) is 0 Å². The van der Waals surface area contributed by atoms with E-state index >= 15 is 0 Å². The van der Waals surface area contributed by atoms with Gasteiger partial charge in [-0.05, 0) is 43.9 Å². The maximum Gasteiger partial charge on any atom is 0.246 e. The second-order valence-corrected chi connectivity index (χ2v) is 5.69. The van der Waals surface area contributed by atoms with Gasteiger partial charge in [-0.1, -0.05) is 0 Å². The molecular formula is C16H21N5O. The van der Waals surface area contributed by atoms with Crippen LogP contribution in [0.3, 0.4) is 0 Å². The van der Waals surface area contributed by atoms with Gasteiger partial charge in [0.15, 0.2) is 5.82 Å². The van der Waals surface area contributed by atoms with Crippen LogP contribution < -0.4 is 10.2 Å². The fraction of sp³-hybridized carbons (Fsp3) is 0.438. The summed E-state index contributed by atoms with van der Waals surface area (Å²) in [5.41, 5.74) is 1.82. The lowest BCUT2D eigenvalue weighted by molar-refractivity contribution is -0.116. The van der Waals surface area contributed by atoms with Crippen molar-refractivity contribution in [3.63, 3.8) is 0 Å². The number of aromatic nitrogens is 3. The molecule has 6 heteroatoms. The molecule has 3 rings (SSSR count). The first-order valence-corrected chi connectivity index (χ1v) is 7.71. The average molecular weight is 299 g/mol. The highest BCUT2D eigenvalue weighted by Crippen LogP contribution is 2.25. The number of nitrogens with one attached hydrogen (secondary N) is 1. The van der Waals surface area contributed by atoms with E-state index in [1.165, 1.54) is 19.3 Å². The Morgan fingerprint density at radius 1 is 1.32 bits per heavy atom. The molecule has 1 aliphatic heterocycles. The van der Waals surface area contributed by atoms with Crippen molar-refractivity contribution >= 4 is 17.4 Å². The molecule has 3 heterocycles. The molecule has 1 fully saturated rings. The van der Waals surface area contributed by atoms with Crippen molar-refractivity contribution in [2.75, 3.05) is 23.3 Å². The molecule has 116 valence electrons. The predicted octanol–water partition coefficient (Wildman–Crippen LogP) is 2.22. The predicted molar refractivity (Wildman–Crippen MR) is 85.9 cm³/mol. The summed E-state index contributed by atoms with van der Waals surface area (Å²) in [4.78, 5) is 18.9. The molecule has 2 aromatic rings. The van der Waals surface area contributed by atoms with Crippen LogP contribution in [0.2, 0.25) is 0 Å². The maximum absolute atomic E-state index is 12.2. The van der Waals surface area contributed by atoms with E-state index < -0.39 is 0 Å². The molecule has 0 unspecified atom stereocenters. The molecule has 0 radical (unpaired) electrons. The van der Waals surface area contributed by atoms with Gasteiger partial charge in [0, 0.05) is 25.5 Å². The SMILES string of the molecule is Cc1cnn(CC(=O)Nc2cccnc2N2CCCCC2)c1. The van der Waals surface area contributed by atoms with Crippen LogP contribution in [0, 0.1) is 6.92 Å². The highest BCUT2D eigenvalue weighted by Gasteiger charge is 2.16. The van der Waals surface area contributed by atoms with Gasteiger partial charge < -0.3 is 10.2 Å². The third-order valence-electron chi connectivity index (χ3n) is 3.78. The lowest BCUT2D eigenvalue weighted by atomic mass is 10.1. The highest BCUT2D eigenvalue weighted by atomic mass is 16.2. The standard InChI is InChI=1S/C16H21N5O/c1-13-10-18-21(11-13)12-15(22)19-14-6-5-7-17-16(14)20-8-3-2-4-9-20/h5-7,10-11H,2-4,8-9,12H2,1H3,(H,19,22). The molecule has 0 aliphatic carbocycles. The molecule has 1 saturated heterocycles. The molecule has 0 saturated carbocycles. The summed E-state index contributed by atoms with van der Waals surface area (Å²) in [5.74, 6) is 0.779. The number of hydrogen-bond donors (Lipinski definition) is 1. The first-order chi connectivity index (χ1) is 10.7. The number of amides is 1. The minimum atomic E-state index is -0.0886. The van der Waals surface area contributed by atoms with Gasteiger partial charge in [0.2, 0.25) is 5.91 Å². The maximum atomic E-state index is 12.2. The van der Waals surface area contributed by atoms with Crippen LogP contribution >= 0.6 is 0 Å². The van der Waals surface area contributed by atoms with E-state index in [0.717, 1.165) is 30.2 Å². The van der Waals surface area contributed by atoms with Gasteiger partial charge in [0.05, 0.1) is 11.9 Å². The molecule has 0 bridgehead atoms. The number of rotatable bonds is 4. The number of pyridine rings is 1. The first-order valence-electron chi connectivity index (χ1n) is 7.71. The van der Waals surface area contributed by atoms with Gasteiger partial charge in [-0.15, -0.1) is 0 Å². The van der Waals surface area contributed by atoms with Gasteiger partial charge >= 0.3 is 0 Å². The third kappa shape index (κ3) is 3.44. The van der Waals surface area contributed by atoms with Crippen LogP contribution in [0.4, 0.5) is 11.5 Å². The Hall–Kier alpha value is -2.37. The van der Waals surface area contributed by atoms with Crippen LogP contribution in [0.1, 0.15) is 24.8 Å². The van der Waals surface area contributed by atoms with Crippen molar-refractivity contribution in [1.82, 2.24) is 14.8 Å². The molecule has 0 aromatic carbocycles. The van der Waals surface area contributed by atoms with E-state index in [1.807, 2.05) is 25.3 Å². The van der Waals surface area contributed by atoms with E-state index in [9.17, 15) is 4.79 Å². The van der Waals surface area contributed by atoms with Gasteiger partial charge in [-0.3, -0.25) is 9.48 Å². The summed E-state index contributed by atoms with van der Waals surface area (Å²) in [5, 5.41) is 7.10. The van der Waals surface area contributed by atoms with Crippen LogP contribution in [-0.4, -0.2) is 33.8 Å². The van der Waals surface area contributed by atoms with Gasteiger partial charge in [-0.25, -0.2) is 4.98 Å². The summed E-state index contributed by atoms with van der Waals surface area (Å²) < 4.78 is 1.64. The number of carbonyl (C=O) groups excluding carboxylic acids is 1. The van der Waals surface area contributed by atoms with Gasteiger partial charge in [0.1, 0.15) is 6.54 Å². The summed E-state index contributed by atoms with van der Waals surface area (Å²) >= 11 is 0. The Morgan fingerprint density at radius 3 is 2.86 bits per heavy atom. The zero-order valence-corrected chi connectivity index (χ0v) is 12.8. The molecule has 1 N–H and O–H groups in total. The van der Waals surface area contributed by atoms with Crippen molar-refractivity contribution in [3.05, 3.63) is 36.3 Å². The fourth-order valence-corrected chi connectivity index (χ4v) is 2.74. The molecular weight excluding hydrogens is 278 g/mol. The molecule has 0 spiro atoms. The van der Waals surface area contributed by atoms with Gasteiger partial charge in [0.25, 0.3) is 0 Å². The topological polar surface area (TPSA) is 63.1 Å². The Morgan fingerprint density at radius 2 is 2.14 bits per heavy atom. The molecule has 6 nitrogen and oxygen atoms in total. The smallest absolute Gasteiger partial charge is 0.246 e. The molecule has 22 heavy (non-hydrogen) atoms. The summed E-state index contributed by atoms with van der Waals surface area (Å²) in [6.07, 6.45) is 9.00. The van der Waals surface area contributed by atoms with Crippen LogP contribution in [0.15, 0.2) is 30.7 Å². The van der Waals surface area contributed by atoms with Gasteiger partial charge in [-0.2, -0.15) is 5.10 Å². The van der Waals surface area contributed by atoms with Crippen molar-refractivity contribution in [2.45, 2.75) is 32.7 Å². The monoisotopic (exact) mass is 299 g/mol. The highest BCUT2D eigenvalue weighted by molar-refractivity contribution is 5.93. The summed E-state index contributed by atoms with van der Waals surface area (Å²) in [6, 6.07) is 3.75. The zero-order chi connectivity index (χ0) is 15.4. The number of anilines is 2. The van der Waals surface area contributed by atoms with Crippen LogP contribution in [-0.2, 0) is 11.3 Å². The molecule has 1 amide bonds. The van der Waals surface area contributed by atoms with Crippen molar-refractivity contribution in [3.8, 4) is 0 Å². The molecule has 2 aromatic heterocycles. The van der Waals surface area contributed by atoms with E-state index in [0.29, 0.717) is 0 Å². The minimum absolute atomic E-state index is 0.0886. The Balaban J connectivity index is 1.70. The Bertz CT molecular complexity index is 645. The van der Waals surface area contributed by atoms with Crippen molar-refractivity contribution < 1.29 is 4.79 Å². The van der Waals surface area contributed by atoms with Crippen molar-refractivity contribution in [2.24, 2.45) is 0 Å². The minimum Gasteiger partial charge on any atom is -0.355 e. The quantitative estimate of drug-likeness (QED) is 0.940. The molecule has 1 aliphatic rings. The Labute approximate surface area is 130 Å². The van der Waals surface area contributed by atoms with Crippen LogP contribution in [0.5, 0.6) is 0 Å². The number of piperidine rings is 1. The molecule has 0 atom stereocenters. The third-order valence-corrected chi connectivity index (χ3v) is 3.78. The van der Waals surface area contributed by atoms with E-state index in [2.05, 4.69) is 20.3 Å². The van der Waals surface area contributed by atoms with Crippen molar-refractivity contribution in [1.29, 1.82) is 0 Å². The number of nitrogens with zero attached hydrogens (tertiary/aromatic N) is 4.